The van der Waals surface area contributed by atoms with Crippen LogP contribution in [0, 0.1) is 6.92 Å². The van der Waals surface area contributed by atoms with E-state index in [0.29, 0.717) is 19.0 Å². The van der Waals surface area contributed by atoms with E-state index in [1.807, 2.05) is 44.2 Å². The molecule has 7 nitrogen and oxygen atoms in total. The highest BCUT2D eigenvalue weighted by Gasteiger charge is 2.12. The number of benzene rings is 2. The number of para-hydroxylation sites is 1. The molecule has 0 heterocycles. The van der Waals surface area contributed by atoms with Crippen molar-refractivity contribution in [3.63, 3.8) is 0 Å². The zero-order valence-corrected chi connectivity index (χ0v) is 20.2. The molecule has 0 saturated carbocycles. The van der Waals surface area contributed by atoms with Crippen LogP contribution in [0.25, 0.3) is 0 Å². The van der Waals surface area contributed by atoms with Crippen LogP contribution in [0.1, 0.15) is 18.1 Å². The minimum Gasteiger partial charge on any atom is -0.489 e. The highest BCUT2D eigenvalue weighted by molar-refractivity contribution is 14.0. The van der Waals surface area contributed by atoms with E-state index in [-0.39, 0.29) is 35.0 Å². The summed E-state index contributed by atoms with van der Waals surface area (Å²) in [6, 6.07) is 14.7. The van der Waals surface area contributed by atoms with Crippen LogP contribution in [0.2, 0.25) is 0 Å². The average Bonchev–Trinajstić information content (AvgIpc) is 2.70. The fraction of sp³-hybridized carbons (Fsp3) is 0.350. The molecule has 2 rings (SSSR count). The summed E-state index contributed by atoms with van der Waals surface area (Å²) in [5.41, 5.74) is 1.93. The summed E-state index contributed by atoms with van der Waals surface area (Å²) in [7, 11) is -0.380. The number of hydrogen-bond donors (Lipinski definition) is 3. The number of rotatable bonds is 8. The van der Waals surface area contributed by atoms with Crippen molar-refractivity contribution in [1.82, 2.24) is 15.4 Å². The molecule has 0 aliphatic heterocycles. The lowest BCUT2D eigenvalue weighted by molar-refractivity contribution is 0.222. The molecule has 2 aromatic rings. The summed E-state index contributed by atoms with van der Waals surface area (Å²) in [4.78, 5) is 4.43. The van der Waals surface area contributed by atoms with Gasteiger partial charge in [0.05, 0.1) is 11.4 Å². The summed E-state index contributed by atoms with van der Waals surface area (Å²) >= 11 is 0. The molecule has 160 valence electrons. The SMILES string of the molecule is CN=C(NCc1cccc(S(=O)(=O)NC)c1)NCC(C)Oc1ccccc1C.I. The molecule has 9 heteroatoms. The molecule has 0 aromatic heterocycles. The Kier molecular flexibility index (Phi) is 10.4. The quantitative estimate of drug-likeness (QED) is 0.276. The minimum atomic E-state index is -3.46. The number of aryl methyl sites for hydroxylation is 1. The molecule has 29 heavy (non-hydrogen) atoms. The lowest BCUT2D eigenvalue weighted by Gasteiger charge is -2.19. The van der Waals surface area contributed by atoms with Gasteiger partial charge in [-0.2, -0.15) is 0 Å². The molecule has 0 amide bonds. The van der Waals surface area contributed by atoms with E-state index in [2.05, 4.69) is 20.3 Å². The Morgan fingerprint density at radius 2 is 1.86 bits per heavy atom. The van der Waals surface area contributed by atoms with Crippen LogP contribution in [0.5, 0.6) is 5.75 Å². The molecule has 0 aliphatic rings. The van der Waals surface area contributed by atoms with Crippen LogP contribution in [-0.4, -0.2) is 41.1 Å². The molecule has 0 aliphatic carbocycles. The van der Waals surface area contributed by atoms with Crippen LogP contribution in [0.15, 0.2) is 58.4 Å². The predicted molar refractivity (Wildman–Crippen MR) is 128 cm³/mol. The highest BCUT2D eigenvalue weighted by atomic mass is 127. The topological polar surface area (TPSA) is 91.8 Å². The molecule has 3 N–H and O–H groups in total. The van der Waals surface area contributed by atoms with Crippen LogP contribution < -0.4 is 20.1 Å². The molecule has 0 fully saturated rings. The van der Waals surface area contributed by atoms with Gasteiger partial charge in [0.15, 0.2) is 5.96 Å². The number of halogens is 1. The van der Waals surface area contributed by atoms with Gasteiger partial charge in [0, 0.05) is 13.6 Å². The Morgan fingerprint density at radius 3 is 2.52 bits per heavy atom. The molecule has 0 bridgehead atoms. The van der Waals surface area contributed by atoms with Gasteiger partial charge in [-0.05, 0) is 50.2 Å². The molecule has 0 saturated heterocycles. The number of ether oxygens (including phenoxy) is 1. The molecule has 1 unspecified atom stereocenters. The second-order valence-electron chi connectivity index (χ2n) is 6.36. The van der Waals surface area contributed by atoms with Crippen molar-refractivity contribution in [2.75, 3.05) is 20.6 Å². The maximum atomic E-state index is 11.9. The third-order valence-electron chi connectivity index (χ3n) is 4.14. The van der Waals surface area contributed by atoms with Crippen LogP contribution in [0.4, 0.5) is 0 Å². The Labute approximate surface area is 190 Å². The first-order valence-electron chi connectivity index (χ1n) is 9.05. The molecular formula is C20H29IN4O3S. The third-order valence-corrected chi connectivity index (χ3v) is 5.55. The van der Waals surface area contributed by atoms with E-state index in [1.165, 1.54) is 7.05 Å². The van der Waals surface area contributed by atoms with E-state index in [0.717, 1.165) is 16.9 Å². The number of sulfonamides is 1. The Hall–Kier alpha value is -1.85. The number of hydrogen-bond acceptors (Lipinski definition) is 4. The first-order chi connectivity index (χ1) is 13.4. The van der Waals surface area contributed by atoms with Gasteiger partial charge in [-0.3, -0.25) is 4.99 Å². The predicted octanol–water partition coefficient (Wildman–Crippen LogP) is 2.65. The fourth-order valence-electron chi connectivity index (χ4n) is 2.53. The van der Waals surface area contributed by atoms with Crippen molar-refractivity contribution in [1.29, 1.82) is 0 Å². The standard InChI is InChI=1S/C20H28N4O3S.HI/c1-15-8-5-6-11-19(15)27-16(2)13-23-20(21-3)24-14-17-9-7-10-18(12-17)28(25,26)22-4;/h5-12,16,22H,13-14H2,1-4H3,(H2,21,23,24);1H. The van der Waals surface area contributed by atoms with Crippen LogP contribution >= 0.6 is 24.0 Å². The smallest absolute Gasteiger partial charge is 0.240 e. The largest absolute Gasteiger partial charge is 0.489 e. The molecule has 0 spiro atoms. The van der Waals surface area contributed by atoms with Gasteiger partial charge in [0.2, 0.25) is 10.0 Å². The first-order valence-corrected chi connectivity index (χ1v) is 10.5. The van der Waals surface area contributed by atoms with Gasteiger partial charge in [-0.25, -0.2) is 13.1 Å². The van der Waals surface area contributed by atoms with Gasteiger partial charge >= 0.3 is 0 Å². The summed E-state index contributed by atoms with van der Waals surface area (Å²) in [5, 5.41) is 6.40. The van der Waals surface area contributed by atoms with Gasteiger partial charge in [-0.15, -0.1) is 24.0 Å². The first kappa shape index (κ1) is 25.2. The van der Waals surface area contributed by atoms with Crippen molar-refractivity contribution in [3.8, 4) is 5.75 Å². The summed E-state index contributed by atoms with van der Waals surface area (Å²) in [5.74, 6) is 1.48. The fourth-order valence-corrected chi connectivity index (χ4v) is 3.33. The van der Waals surface area contributed by atoms with Gasteiger partial charge in [0.25, 0.3) is 0 Å². The number of nitrogens with zero attached hydrogens (tertiary/aromatic N) is 1. The Balaban J connectivity index is 0.00000420. The van der Waals surface area contributed by atoms with Crippen molar-refractivity contribution >= 4 is 40.0 Å². The summed E-state index contributed by atoms with van der Waals surface area (Å²) in [6.45, 7) is 5.01. The average molecular weight is 532 g/mol. The Morgan fingerprint density at radius 1 is 1.14 bits per heavy atom. The van der Waals surface area contributed by atoms with Gasteiger partial charge in [0.1, 0.15) is 11.9 Å². The second-order valence-corrected chi connectivity index (χ2v) is 8.24. The van der Waals surface area contributed by atoms with Crippen molar-refractivity contribution in [2.24, 2.45) is 4.99 Å². The number of nitrogens with one attached hydrogen (secondary N) is 3. The van der Waals surface area contributed by atoms with Crippen LogP contribution in [-0.2, 0) is 16.6 Å². The maximum Gasteiger partial charge on any atom is 0.240 e. The minimum absolute atomic E-state index is 0. The maximum absolute atomic E-state index is 11.9. The Bertz CT molecular complexity index is 919. The number of guanidine groups is 1. The van der Waals surface area contributed by atoms with Gasteiger partial charge in [-0.1, -0.05) is 30.3 Å². The third kappa shape index (κ3) is 7.82. The molecular weight excluding hydrogens is 503 g/mol. The van der Waals surface area contributed by atoms with Crippen molar-refractivity contribution in [3.05, 3.63) is 59.7 Å². The molecule has 2 aromatic carbocycles. The highest BCUT2D eigenvalue weighted by Crippen LogP contribution is 2.17. The summed E-state index contributed by atoms with van der Waals surface area (Å²) in [6.07, 6.45) is -0.0521. The number of aliphatic imine (C=N–C) groups is 1. The van der Waals surface area contributed by atoms with Crippen molar-refractivity contribution in [2.45, 2.75) is 31.4 Å². The van der Waals surface area contributed by atoms with E-state index < -0.39 is 10.0 Å². The van der Waals surface area contributed by atoms with Crippen molar-refractivity contribution < 1.29 is 13.2 Å². The second kappa shape index (κ2) is 12.0. The lowest BCUT2D eigenvalue weighted by atomic mass is 10.2. The zero-order valence-electron chi connectivity index (χ0n) is 17.1. The van der Waals surface area contributed by atoms with E-state index in [9.17, 15) is 8.42 Å². The zero-order chi connectivity index (χ0) is 20.6. The van der Waals surface area contributed by atoms with Crippen LogP contribution in [0.3, 0.4) is 0 Å². The normalized spacial score (nSPS) is 12.6. The van der Waals surface area contributed by atoms with E-state index >= 15 is 0 Å². The summed E-state index contributed by atoms with van der Waals surface area (Å²) < 4.78 is 32.1. The van der Waals surface area contributed by atoms with E-state index in [4.69, 9.17) is 4.74 Å². The monoisotopic (exact) mass is 532 g/mol. The molecule has 1 atom stereocenters. The lowest BCUT2D eigenvalue weighted by Crippen LogP contribution is -2.41. The molecule has 0 radical (unpaired) electrons. The van der Waals surface area contributed by atoms with E-state index in [1.54, 1.807) is 25.2 Å². The van der Waals surface area contributed by atoms with Gasteiger partial charge < -0.3 is 15.4 Å².